The van der Waals surface area contributed by atoms with E-state index in [1.807, 2.05) is 48.5 Å². The van der Waals surface area contributed by atoms with Crippen LogP contribution < -0.4 is 5.32 Å². The fourth-order valence-electron chi connectivity index (χ4n) is 6.18. The molecule has 5 rings (SSSR count). The third kappa shape index (κ3) is 4.60. The summed E-state index contributed by atoms with van der Waals surface area (Å²) in [5.41, 5.74) is 2.23. The summed E-state index contributed by atoms with van der Waals surface area (Å²) in [7, 11) is 3.31. The zero-order valence-corrected chi connectivity index (χ0v) is 24.9. The number of rotatable bonds is 5. The number of aliphatic imine (C=N–C) groups is 1. The Labute approximate surface area is 243 Å². The first-order valence-corrected chi connectivity index (χ1v) is 14.6. The average molecular weight is 589 g/mol. The molecule has 1 saturated heterocycles. The van der Waals surface area contributed by atoms with Gasteiger partial charge in [-0.1, -0.05) is 61.3 Å². The van der Waals surface area contributed by atoms with Gasteiger partial charge in [-0.2, -0.15) is 0 Å². The van der Waals surface area contributed by atoms with E-state index in [1.54, 1.807) is 14.1 Å². The Morgan fingerprint density at radius 2 is 1.72 bits per heavy atom. The monoisotopic (exact) mass is 587 g/mol. The summed E-state index contributed by atoms with van der Waals surface area (Å²) in [6, 6.07) is 14.6. The SMILES string of the molecule is CNC(=O)[C@@H]1C[C@H](O)C[N+]1(C)C(=O)C1=C(C(C)C)N2C(=N[C@@](C)(c3ccc(Cl)cc3)[C@H]2c2ccc(Cl)cc2)S1. The van der Waals surface area contributed by atoms with Gasteiger partial charge in [0.15, 0.2) is 11.2 Å². The number of fused-ring (bicyclic) bond motifs is 1. The molecule has 3 aliphatic heterocycles. The zero-order chi connectivity index (χ0) is 28.3. The molecule has 206 valence electrons. The number of allylic oxidation sites excluding steroid dienone is 1. The molecule has 1 unspecified atom stereocenters. The maximum Gasteiger partial charge on any atom is 0.355 e. The van der Waals surface area contributed by atoms with Crippen LogP contribution in [0.2, 0.25) is 10.0 Å². The molecule has 0 aliphatic carbocycles. The lowest BCUT2D eigenvalue weighted by atomic mass is 9.81. The molecule has 3 aliphatic rings. The van der Waals surface area contributed by atoms with Gasteiger partial charge >= 0.3 is 5.91 Å². The number of aliphatic hydroxyl groups is 1. The molecule has 0 bridgehead atoms. The normalized spacial score (nSPS) is 30.1. The first-order valence-electron chi connectivity index (χ1n) is 13.0. The number of nitrogens with one attached hydrogen (secondary N) is 1. The number of carbonyl (C=O) groups excluding carboxylic acids is 2. The third-order valence-corrected chi connectivity index (χ3v) is 9.71. The lowest BCUT2D eigenvalue weighted by Gasteiger charge is -2.37. The second-order valence-electron chi connectivity index (χ2n) is 11.1. The summed E-state index contributed by atoms with van der Waals surface area (Å²) in [4.78, 5) is 35.1. The van der Waals surface area contributed by atoms with Gasteiger partial charge in [0, 0.05) is 29.2 Å². The summed E-state index contributed by atoms with van der Waals surface area (Å²) in [5, 5.41) is 15.2. The van der Waals surface area contributed by atoms with E-state index >= 15 is 0 Å². The topological polar surface area (TPSA) is 82.0 Å². The Morgan fingerprint density at radius 3 is 2.28 bits per heavy atom. The van der Waals surface area contributed by atoms with Crippen LogP contribution in [0.5, 0.6) is 0 Å². The van der Waals surface area contributed by atoms with Gasteiger partial charge in [0.2, 0.25) is 0 Å². The molecule has 0 aromatic heterocycles. The van der Waals surface area contributed by atoms with Gasteiger partial charge in [-0.15, -0.1) is 0 Å². The Balaban J connectivity index is 1.65. The van der Waals surface area contributed by atoms with Crippen LogP contribution in [0.15, 0.2) is 64.1 Å². The predicted molar refractivity (Wildman–Crippen MR) is 156 cm³/mol. The van der Waals surface area contributed by atoms with Crippen molar-refractivity contribution >= 4 is 51.9 Å². The Bertz CT molecular complexity index is 1380. The molecule has 2 aromatic rings. The molecule has 2 aromatic carbocycles. The van der Waals surface area contributed by atoms with E-state index in [9.17, 15) is 14.7 Å². The van der Waals surface area contributed by atoms with Crippen molar-refractivity contribution in [3.05, 3.63) is 80.3 Å². The van der Waals surface area contributed by atoms with E-state index in [4.69, 9.17) is 28.2 Å². The molecule has 0 spiro atoms. The van der Waals surface area contributed by atoms with E-state index in [2.05, 4.69) is 31.0 Å². The van der Waals surface area contributed by atoms with Crippen molar-refractivity contribution in [2.24, 2.45) is 10.9 Å². The van der Waals surface area contributed by atoms with Gasteiger partial charge in [-0.3, -0.25) is 4.79 Å². The second kappa shape index (κ2) is 10.2. The zero-order valence-electron chi connectivity index (χ0n) is 22.6. The summed E-state index contributed by atoms with van der Waals surface area (Å²) < 4.78 is -0.180. The fraction of sp³-hybridized carbons (Fsp3) is 0.414. The number of thioether (sulfide) groups is 1. The predicted octanol–water partition coefficient (Wildman–Crippen LogP) is 5.09. The summed E-state index contributed by atoms with van der Waals surface area (Å²) in [5.74, 6) is -0.428. The lowest BCUT2D eigenvalue weighted by Crippen LogP contribution is -2.58. The van der Waals surface area contributed by atoms with Crippen LogP contribution in [-0.2, 0) is 15.1 Å². The number of likely N-dealkylation sites (N-methyl/N-ethyl adjacent to an activating group) is 2. The number of amides is 2. The van der Waals surface area contributed by atoms with Crippen molar-refractivity contribution in [3.8, 4) is 0 Å². The van der Waals surface area contributed by atoms with Gasteiger partial charge in [0.25, 0.3) is 5.91 Å². The number of quaternary nitrogens is 1. The van der Waals surface area contributed by atoms with Crippen molar-refractivity contribution < 1.29 is 19.2 Å². The van der Waals surface area contributed by atoms with Gasteiger partial charge in [0.1, 0.15) is 23.1 Å². The Kier molecular flexibility index (Phi) is 7.40. The number of benzene rings is 2. The van der Waals surface area contributed by atoms with Gasteiger partial charge in [-0.05, 0) is 60.0 Å². The van der Waals surface area contributed by atoms with Crippen molar-refractivity contribution in [3.63, 3.8) is 0 Å². The molecule has 10 heteroatoms. The highest BCUT2D eigenvalue weighted by Gasteiger charge is 2.58. The minimum Gasteiger partial charge on any atom is -0.387 e. The van der Waals surface area contributed by atoms with Crippen molar-refractivity contribution in [1.82, 2.24) is 10.2 Å². The minimum absolute atomic E-state index is 0.0101. The number of likely N-dealkylation sites (tertiary alicyclic amines) is 1. The fourth-order valence-corrected chi connectivity index (χ4v) is 7.89. The Morgan fingerprint density at radius 1 is 1.13 bits per heavy atom. The van der Waals surface area contributed by atoms with Crippen LogP contribution in [0.25, 0.3) is 0 Å². The van der Waals surface area contributed by atoms with Crippen LogP contribution in [0.1, 0.15) is 44.4 Å². The average Bonchev–Trinajstić information content (AvgIpc) is 3.51. The largest absolute Gasteiger partial charge is 0.387 e. The highest BCUT2D eigenvalue weighted by Crippen LogP contribution is 2.56. The van der Waals surface area contributed by atoms with Crippen molar-refractivity contribution in [2.45, 2.75) is 50.9 Å². The molecule has 2 N–H and O–H groups in total. The lowest BCUT2D eigenvalue weighted by molar-refractivity contribution is -0.836. The maximum atomic E-state index is 14.3. The number of aliphatic hydroxyl groups excluding tert-OH is 1. The van der Waals surface area contributed by atoms with Crippen LogP contribution >= 0.6 is 35.0 Å². The quantitative estimate of drug-likeness (QED) is 0.476. The molecule has 1 fully saturated rings. The van der Waals surface area contributed by atoms with E-state index in [0.717, 1.165) is 22.0 Å². The molecule has 0 radical (unpaired) electrons. The van der Waals surface area contributed by atoms with Crippen molar-refractivity contribution in [1.29, 1.82) is 0 Å². The first kappa shape index (κ1) is 28.2. The maximum absolute atomic E-state index is 14.3. The number of hydrogen-bond acceptors (Lipinski definition) is 6. The first-order chi connectivity index (χ1) is 18.4. The molecular formula is C29H33Cl2N4O3S+. The molecule has 7 nitrogen and oxygen atoms in total. The third-order valence-electron chi connectivity index (χ3n) is 8.15. The van der Waals surface area contributed by atoms with Gasteiger partial charge in [-0.25, -0.2) is 14.3 Å². The van der Waals surface area contributed by atoms with Crippen LogP contribution in [0.3, 0.4) is 0 Å². The number of carbonyl (C=O) groups is 2. The van der Waals surface area contributed by atoms with E-state index in [-0.39, 0.29) is 41.2 Å². The summed E-state index contributed by atoms with van der Waals surface area (Å²) >= 11 is 13.8. The molecule has 5 atom stereocenters. The van der Waals surface area contributed by atoms with Crippen LogP contribution in [0, 0.1) is 5.92 Å². The number of halogens is 2. The highest BCUT2D eigenvalue weighted by molar-refractivity contribution is 8.18. The summed E-state index contributed by atoms with van der Waals surface area (Å²) in [6.07, 6.45) is -0.494. The van der Waals surface area contributed by atoms with Gasteiger partial charge in [0.05, 0.1) is 13.1 Å². The smallest absolute Gasteiger partial charge is 0.355 e. The molecule has 2 amide bonds. The van der Waals surface area contributed by atoms with Gasteiger partial charge < -0.3 is 15.3 Å². The van der Waals surface area contributed by atoms with Crippen LogP contribution in [0.4, 0.5) is 0 Å². The molecule has 39 heavy (non-hydrogen) atoms. The standard InChI is InChI=1S/C29H32Cl2N4O3S/c1-16(2)23-24(27(38)35(5)15-21(36)14-22(35)26(37)32-4)39-28-33-29(3,18-8-12-20(31)13-9-18)25(34(23)28)17-6-10-19(30)11-7-17/h6-13,16,21-22,25,36H,14-15H2,1-5H3/p+1/t21-,22-,25+,29-,35?/m0/s1. The van der Waals surface area contributed by atoms with E-state index < -0.39 is 17.7 Å². The second-order valence-corrected chi connectivity index (χ2v) is 13.0. The van der Waals surface area contributed by atoms with E-state index in [0.29, 0.717) is 15.0 Å². The number of nitrogens with zero attached hydrogens (tertiary/aromatic N) is 3. The summed E-state index contributed by atoms with van der Waals surface area (Å²) in [6.45, 7) is 6.42. The molecule has 3 heterocycles. The number of amidine groups is 1. The molecular weight excluding hydrogens is 555 g/mol. The number of hydrogen-bond donors (Lipinski definition) is 2. The van der Waals surface area contributed by atoms with Crippen LogP contribution in [-0.4, -0.2) is 64.3 Å². The minimum atomic E-state index is -0.733. The molecule has 0 saturated carbocycles. The van der Waals surface area contributed by atoms with Crippen molar-refractivity contribution in [2.75, 3.05) is 20.6 Å². The highest BCUT2D eigenvalue weighted by atomic mass is 35.5. The van der Waals surface area contributed by atoms with E-state index in [1.165, 1.54) is 11.8 Å². The Hall–Kier alpha value is -2.36.